The van der Waals surface area contributed by atoms with E-state index in [2.05, 4.69) is 15.3 Å². The van der Waals surface area contributed by atoms with Crippen molar-refractivity contribution in [2.75, 3.05) is 23.9 Å². The van der Waals surface area contributed by atoms with Gasteiger partial charge in [0.25, 0.3) is 0 Å². The van der Waals surface area contributed by atoms with Crippen LogP contribution in [0.2, 0.25) is 0 Å². The van der Waals surface area contributed by atoms with Gasteiger partial charge in [-0.1, -0.05) is 11.8 Å². The maximum Gasteiger partial charge on any atom is 0.357 e. The third-order valence-electron chi connectivity index (χ3n) is 3.81. The van der Waals surface area contributed by atoms with Crippen molar-refractivity contribution in [3.63, 3.8) is 0 Å². The van der Waals surface area contributed by atoms with Crippen LogP contribution in [0.25, 0.3) is 11.0 Å². The second kappa shape index (κ2) is 7.20. The summed E-state index contributed by atoms with van der Waals surface area (Å²) in [5, 5.41) is 4.15. The van der Waals surface area contributed by atoms with Gasteiger partial charge in [-0.05, 0) is 37.4 Å². The molecule has 0 saturated heterocycles. The Kier molecular flexibility index (Phi) is 4.99. The lowest BCUT2D eigenvalue weighted by Crippen LogP contribution is -2.12. The molecule has 136 valence electrons. The highest BCUT2D eigenvalue weighted by Crippen LogP contribution is 2.34. The highest BCUT2D eigenvalue weighted by molar-refractivity contribution is 7.98. The number of hydrogen-bond acceptors (Lipinski definition) is 7. The van der Waals surface area contributed by atoms with E-state index >= 15 is 0 Å². The number of thioether (sulfide) groups is 1. The van der Waals surface area contributed by atoms with Crippen LogP contribution >= 0.6 is 11.8 Å². The molecule has 0 atom stereocenters. The molecule has 3 rings (SSSR count). The van der Waals surface area contributed by atoms with Crippen LogP contribution in [0.3, 0.4) is 0 Å². The summed E-state index contributed by atoms with van der Waals surface area (Å²) >= 11 is 1.36. The molecule has 0 aliphatic rings. The molecule has 0 spiro atoms. The van der Waals surface area contributed by atoms with E-state index in [4.69, 9.17) is 10.5 Å². The molecule has 2 heterocycles. The van der Waals surface area contributed by atoms with Crippen molar-refractivity contribution >= 4 is 46.0 Å². The van der Waals surface area contributed by atoms with Crippen molar-refractivity contribution in [1.29, 1.82) is 0 Å². The molecule has 0 bridgehead atoms. The normalized spacial score (nSPS) is 10.9. The first-order valence-electron chi connectivity index (χ1n) is 7.85. The smallest absolute Gasteiger partial charge is 0.357 e. The fraction of sp³-hybridized carbons (Fsp3) is 0.235. The molecule has 0 radical (unpaired) electrons. The molecule has 7 nitrogen and oxygen atoms in total. The first kappa shape index (κ1) is 18.0. The summed E-state index contributed by atoms with van der Waals surface area (Å²) in [6, 6.07) is 5.87. The molecule has 2 aromatic heterocycles. The number of carbonyl (C=O) groups excluding carboxylic acids is 1. The van der Waals surface area contributed by atoms with Gasteiger partial charge >= 0.3 is 5.97 Å². The van der Waals surface area contributed by atoms with Crippen molar-refractivity contribution in [3.05, 3.63) is 35.8 Å². The quantitative estimate of drug-likeness (QED) is 0.401. The fourth-order valence-electron chi connectivity index (χ4n) is 2.62. The Morgan fingerprint density at radius 3 is 2.65 bits per heavy atom. The van der Waals surface area contributed by atoms with Gasteiger partial charge in [0, 0.05) is 12.7 Å². The van der Waals surface area contributed by atoms with Crippen molar-refractivity contribution in [1.82, 2.24) is 14.5 Å². The highest BCUT2D eigenvalue weighted by Gasteiger charge is 2.24. The van der Waals surface area contributed by atoms with Gasteiger partial charge in [0.2, 0.25) is 0 Å². The zero-order chi connectivity index (χ0) is 18.8. The lowest BCUT2D eigenvalue weighted by molar-refractivity contribution is 0.0517. The molecule has 3 aromatic rings. The molecule has 0 amide bonds. The lowest BCUT2D eigenvalue weighted by Gasteiger charge is -2.09. The van der Waals surface area contributed by atoms with E-state index in [1.54, 1.807) is 30.7 Å². The minimum atomic E-state index is -0.524. The summed E-state index contributed by atoms with van der Waals surface area (Å²) in [7, 11) is 1.70. The van der Waals surface area contributed by atoms with E-state index < -0.39 is 5.97 Å². The molecule has 1 aromatic carbocycles. The van der Waals surface area contributed by atoms with Crippen LogP contribution in [0.1, 0.15) is 17.4 Å². The standard InChI is InChI=1S/C17H18FN5O2S/c1-4-25-16(24)13-12(19)11-14(20-10-7-5-9(18)6-8-10)21-17(26-3)22-15(11)23(13)2/h5-8H,4,19H2,1-3H3,(H,20,21,22). The van der Waals surface area contributed by atoms with Gasteiger partial charge in [-0.15, -0.1) is 0 Å². The summed E-state index contributed by atoms with van der Waals surface area (Å²) < 4.78 is 19.8. The van der Waals surface area contributed by atoms with Gasteiger partial charge in [-0.3, -0.25) is 0 Å². The van der Waals surface area contributed by atoms with Gasteiger partial charge in [0.05, 0.1) is 17.7 Å². The number of nitrogens with zero attached hydrogens (tertiary/aromatic N) is 3. The summed E-state index contributed by atoms with van der Waals surface area (Å²) in [5.41, 5.74) is 7.83. The molecule has 26 heavy (non-hydrogen) atoms. The molecule has 3 N–H and O–H groups in total. The second-order valence-electron chi connectivity index (χ2n) is 5.43. The first-order chi connectivity index (χ1) is 12.5. The van der Waals surface area contributed by atoms with Crippen LogP contribution in [0, 0.1) is 5.82 Å². The van der Waals surface area contributed by atoms with Gasteiger partial charge in [0.15, 0.2) is 10.9 Å². The Balaban J connectivity index is 2.19. The van der Waals surface area contributed by atoms with E-state index in [-0.39, 0.29) is 23.8 Å². The van der Waals surface area contributed by atoms with E-state index in [0.29, 0.717) is 27.7 Å². The minimum Gasteiger partial charge on any atom is -0.461 e. The number of esters is 1. The lowest BCUT2D eigenvalue weighted by atomic mass is 10.2. The van der Waals surface area contributed by atoms with Gasteiger partial charge in [-0.25, -0.2) is 19.2 Å². The van der Waals surface area contributed by atoms with Crippen LogP contribution in [0.5, 0.6) is 0 Å². The SMILES string of the molecule is CCOC(=O)c1c(N)c2c(Nc3ccc(F)cc3)nc(SC)nc2n1C. The topological polar surface area (TPSA) is 95.1 Å². The highest BCUT2D eigenvalue weighted by atomic mass is 32.2. The van der Waals surface area contributed by atoms with Crippen LogP contribution < -0.4 is 11.1 Å². The number of carbonyl (C=O) groups is 1. The monoisotopic (exact) mass is 375 g/mol. The molecular weight excluding hydrogens is 357 g/mol. The van der Waals surface area contributed by atoms with E-state index in [1.807, 2.05) is 6.26 Å². The number of halogens is 1. The molecule has 0 saturated carbocycles. The maximum absolute atomic E-state index is 13.1. The molecule has 9 heteroatoms. The zero-order valence-corrected chi connectivity index (χ0v) is 15.4. The minimum absolute atomic E-state index is 0.219. The Hall–Kier alpha value is -2.81. The fourth-order valence-corrected chi connectivity index (χ4v) is 2.98. The maximum atomic E-state index is 13.1. The van der Waals surface area contributed by atoms with Crippen LogP contribution in [-0.4, -0.2) is 33.4 Å². The predicted molar refractivity (Wildman–Crippen MR) is 100 cm³/mol. The predicted octanol–water partition coefficient (Wildman–Crippen LogP) is 3.33. The number of rotatable bonds is 5. The molecule has 0 unspecified atom stereocenters. The summed E-state index contributed by atoms with van der Waals surface area (Å²) in [4.78, 5) is 21.2. The van der Waals surface area contributed by atoms with Crippen molar-refractivity contribution in [2.24, 2.45) is 7.05 Å². The average molecular weight is 375 g/mol. The number of nitrogen functional groups attached to an aromatic ring is 1. The summed E-state index contributed by atoms with van der Waals surface area (Å²) in [5.74, 6) is -0.421. The molecular formula is C17H18FN5O2S. The number of nitrogens with two attached hydrogens (primary N) is 1. The van der Waals surface area contributed by atoms with E-state index in [1.165, 1.54) is 23.9 Å². The van der Waals surface area contributed by atoms with E-state index in [0.717, 1.165) is 0 Å². The first-order valence-corrected chi connectivity index (χ1v) is 9.08. The van der Waals surface area contributed by atoms with Crippen LogP contribution in [-0.2, 0) is 11.8 Å². The summed E-state index contributed by atoms with van der Waals surface area (Å²) in [6.45, 7) is 1.96. The Bertz CT molecular complexity index is 972. The Labute approximate surface area is 153 Å². The van der Waals surface area contributed by atoms with Gasteiger partial charge < -0.3 is 20.4 Å². The third-order valence-corrected chi connectivity index (χ3v) is 4.35. The van der Waals surface area contributed by atoms with Crippen molar-refractivity contribution in [2.45, 2.75) is 12.1 Å². The Morgan fingerprint density at radius 1 is 1.35 bits per heavy atom. The number of ether oxygens (including phenoxy) is 1. The number of hydrogen-bond donors (Lipinski definition) is 2. The third kappa shape index (κ3) is 3.17. The molecule has 0 aliphatic heterocycles. The number of aromatic nitrogens is 3. The zero-order valence-electron chi connectivity index (χ0n) is 14.5. The van der Waals surface area contributed by atoms with Crippen LogP contribution in [0.15, 0.2) is 29.4 Å². The van der Waals surface area contributed by atoms with Gasteiger partial charge in [-0.2, -0.15) is 0 Å². The van der Waals surface area contributed by atoms with E-state index in [9.17, 15) is 9.18 Å². The molecule has 0 aliphatic carbocycles. The summed E-state index contributed by atoms with van der Waals surface area (Å²) in [6.07, 6.45) is 1.85. The number of aryl methyl sites for hydroxylation is 1. The van der Waals surface area contributed by atoms with Crippen LogP contribution in [0.4, 0.5) is 21.6 Å². The number of nitrogens with one attached hydrogen (secondary N) is 1. The Morgan fingerprint density at radius 2 is 2.04 bits per heavy atom. The molecule has 0 fully saturated rings. The van der Waals surface area contributed by atoms with Crippen molar-refractivity contribution < 1.29 is 13.9 Å². The van der Waals surface area contributed by atoms with Gasteiger partial charge in [0.1, 0.15) is 17.3 Å². The second-order valence-corrected chi connectivity index (χ2v) is 6.20. The van der Waals surface area contributed by atoms with Crippen molar-refractivity contribution in [3.8, 4) is 0 Å². The number of anilines is 3. The average Bonchev–Trinajstić information content (AvgIpc) is 2.88. The largest absolute Gasteiger partial charge is 0.461 e. The number of benzene rings is 1. The number of fused-ring (bicyclic) bond motifs is 1.